The van der Waals surface area contributed by atoms with Gasteiger partial charge in [-0.2, -0.15) is 13.2 Å². The largest absolute Gasteiger partial charge is 0.416 e. The minimum Gasteiger partial charge on any atom is -0.393 e. The summed E-state index contributed by atoms with van der Waals surface area (Å²) >= 11 is 0. The molecule has 0 bridgehead atoms. The second kappa shape index (κ2) is 7.21. The van der Waals surface area contributed by atoms with Crippen molar-refractivity contribution in [3.8, 4) is 0 Å². The smallest absolute Gasteiger partial charge is 0.393 e. The van der Waals surface area contributed by atoms with Crippen molar-refractivity contribution in [3.05, 3.63) is 35.4 Å². The summed E-state index contributed by atoms with van der Waals surface area (Å²) in [6.45, 7) is 2.40. The molecule has 24 heavy (non-hydrogen) atoms. The number of aliphatic hydroxyl groups is 1. The number of carbonyl (C=O) groups excluding carboxylic acids is 2. The van der Waals surface area contributed by atoms with Crippen molar-refractivity contribution < 1.29 is 27.9 Å². The molecule has 1 saturated heterocycles. The molecule has 1 aromatic carbocycles. The molecule has 2 unspecified atom stereocenters. The van der Waals surface area contributed by atoms with Crippen LogP contribution in [0.4, 0.5) is 13.2 Å². The first-order valence-corrected chi connectivity index (χ1v) is 7.60. The van der Waals surface area contributed by atoms with E-state index in [1.807, 2.05) is 0 Å². The lowest BCUT2D eigenvalue weighted by Crippen LogP contribution is -2.39. The number of nitrogens with zero attached hydrogens (tertiary/aromatic N) is 1. The van der Waals surface area contributed by atoms with Gasteiger partial charge >= 0.3 is 6.18 Å². The van der Waals surface area contributed by atoms with E-state index in [1.54, 1.807) is 11.8 Å². The van der Waals surface area contributed by atoms with Crippen LogP contribution in [-0.4, -0.2) is 47.6 Å². The van der Waals surface area contributed by atoms with Crippen LogP contribution in [0.3, 0.4) is 0 Å². The molecule has 1 aliphatic rings. The van der Waals surface area contributed by atoms with Crippen molar-refractivity contribution in [2.24, 2.45) is 5.92 Å². The highest BCUT2D eigenvalue weighted by molar-refractivity contribution is 5.96. The van der Waals surface area contributed by atoms with E-state index in [9.17, 15) is 27.9 Å². The van der Waals surface area contributed by atoms with E-state index >= 15 is 0 Å². The lowest BCUT2D eigenvalue weighted by molar-refractivity contribution is -0.137. The zero-order valence-electron chi connectivity index (χ0n) is 13.1. The Kier molecular flexibility index (Phi) is 5.48. The Hall–Kier alpha value is -2.09. The first kappa shape index (κ1) is 18.3. The Morgan fingerprint density at radius 2 is 1.96 bits per heavy atom. The molecule has 5 nitrogen and oxygen atoms in total. The number of rotatable bonds is 4. The quantitative estimate of drug-likeness (QED) is 0.873. The van der Waals surface area contributed by atoms with Crippen LogP contribution in [0.25, 0.3) is 0 Å². The molecule has 0 spiro atoms. The fraction of sp³-hybridized carbons (Fsp3) is 0.500. The van der Waals surface area contributed by atoms with E-state index in [1.165, 1.54) is 0 Å². The van der Waals surface area contributed by atoms with Crippen LogP contribution in [0.5, 0.6) is 0 Å². The fourth-order valence-electron chi connectivity index (χ4n) is 2.59. The zero-order chi connectivity index (χ0) is 17.9. The predicted molar refractivity (Wildman–Crippen MR) is 80.1 cm³/mol. The molecule has 1 fully saturated rings. The molecule has 2 atom stereocenters. The maximum atomic E-state index is 12.5. The lowest BCUT2D eigenvalue weighted by Gasteiger charge is -2.18. The van der Waals surface area contributed by atoms with Gasteiger partial charge in [-0.15, -0.1) is 0 Å². The third-order valence-corrected chi connectivity index (χ3v) is 4.13. The topological polar surface area (TPSA) is 69.6 Å². The van der Waals surface area contributed by atoms with Gasteiger partial charge in [0.15, 0.2) is 0 Å². The van der Waals surface area contributed by atoms with Gasteiger partial charge < -0.3 is 15.3 Å². The van der Waals surface area contributed by atoms with Crippen molar-refractivity contribution in [3.63, 3.8) is 0 Å². The van der Waals surface area contributed by atoms with Gasteiger partial charge in [0.25, 0.3) is 5.91 Å². The first-order chi connectivity index (χ1) is 11.2. The molecular formula is C16H19F3N2O3. The number of hydrogen-bond donors (Lipinski definition) is 2. The number of likely N-dealkylation sites (tertiary alicyclic amines) is 1. The van der Waals surface area contributed by atoms with E-state index < -0.39 is 23.8 Å². The maximum absolute atomic E-state index is 12.5. The second-order valence-corrected chi connectivity index (χ2v) is 5.89. The van der Waals surface area contributed by atoms with Gasteiger partial charge in [0.1, 0.15) is 0 Å². The van der Waals surface area contributed by atoms with Crippen LogP contribution in [0, 0.1) is 5.92 Å². The molecule has 132 valence electrons. The van der Waals surface area contributed by atoms with Crippen LogP contribution >= 0.6 is 0 Å². The van der Waals surface area contributed by atoms with Gasteiger partial charge in [0.05, 0.1) is 18.2 Å². The molecule has 2 N–H and O–H groups in total. The lowest BCUT2D eigenvalue weighted by atomic mass is 10.0. The summed E-state index contributed by atoms with van der Waals surface area (Å²) in [7, 11) is 0. The van der Waals surface area contributed by atoms with Crippen LogP contribution in [0.15, 0.2) is 24.3 Å². The van der Waals surface area contributed by atoms with Gasteiger partial charge in [-0.05, 0) is 37.6 Å². The zero-order valence-corrected chi connectivity index (χ0v) is 13.1. The summed E-state index contributed by atoms with van der Waals surface area (Å²) in [6.07, 6.45) is -4.25. The maximum Gasteiger partial charge on any atom is 0.416 e. The average molecular weight is 344 g/mol. The average Bonchev–Trinajstić information content (AvgIpc) is 3.02. The monoisotopic (exact) mass is 344 g/mol. The van der Waals surface area contributed by atoms with Crippen LogP contribution < -0.4 is 5.32 Å². The third kappa shape index (κ3) is 4.47. The Balaban J connectivity index is 1.86. The van der Waals surface area contributed by atoms with Crippen LogP contribution in [0.2, 0.25) is 0 Å². The number of benzene rings is 1. The SMILES string of the molecule is CC(O)C1CCN(C(=O)CNC(=O)c2ccc(C(F)(F)F)cc2)C1. The highest BCUT2D eigenvalue weighted by atomic mass is 19.4. The van der Waals surface area contributed by atoms with Gasteiger partial charge in [-0.1, -0.05) is 0 Å². The molecule has 0 saturated carbocycles. The fourth-order valence-corrected chi connectivity index (χ4v) is 2.59. The summed E-state index contributed by atoms with van der Waals surface area (Å²) < 4.78 is 37.4. The summed E-state index contributed by atoms with van der Waals surface area (Å²) in [5.41, 5.74) is -0.782. The number of aliphatic hydroxyl groups excluding tert-OH is 1. The molecule has 1 aromatic rings. The molecule has 1 heterocycles. The van der Waals surface area contributed by atoms with E-state index in [4.69, 9.17) is 0 Å². The summed E-state index contributed by atoms with van der Waals surface area (Å²) in [5.74, 6) is -0.860. The summed E-state index contributed by atoms with van der Waals surface area (Å²) in [4.78, 5) is 25.5. The summed E-state index contributed by atoms with van der Waals surface area (Å²) in [5, 5.41) is 11.9. The number of carbonyl (C=O) groups is 2. The Bertz CT molecular complexity index is 600. The van der Waals surface area contributed by atoms with Crippen molar-refractivity contribution >= 4 is 11.8 Å². The van der Waals surface area contributed by atoms with Crippen molar-refractivity contribution in [2.45, 2.75) is 25.6 Å². The molecule has 8 heteroatoms. The number of alkyl halides is 3. The summed E-state index contributed by atoms with van der Waals surface area (Å²) in [6, 6.07) is 3.79. The minimum absolute atomic E-state index is 0.0274. The Morgan fingerprint density at radius 1 is 1.33 bits per heavy atom. The number of nitrogens with one attached hydrogen (secondary N) is 1. The molecule has 1 aliphatic heterocycles. The molecule has 2 amide bonds. The van der Waals surface area contributed by atoms with Gasteiger partial charge in [0.2, 0.25) is 5.91 Å². The van der Waals surface area contributed by atoms with Gasteiger partial charge in [-0.25, -0.2) is 0 Å². The number of amides is 2. The molecule has 2 rings (SSSR count). The van der Waals surface area contributed by atoms with Gasteiger partial charge in [-0.3, -0.25) is 9.59 Å². The van der Waals surface area contributed by atoms with E-state index in [0.717, 1.165) is 24.3 Å². The van der Waals surface area contributed by atoms with E-state index in [0.29, 0.717) is 19.5 Å². The van der Waals surface area contributed by atoms with Crippen LogP contribution in [-0.2, 0) is 11.0 Å². The number of hydrogen-bond acceptors (Lipinski definition) is 3. The first-order valence-electron chi connectivity index (χ1n) is 7.60. The highest BCUT2D eigenvalue weighted by Gasteiger charge is 2.31. The van der Waals surface area contributed by atoms with Gasteiger partial charge in [0, 0.05) is 24.6 Å². The van der Waals surface area contributed by atoms with Crippen molar-refractivity contribution in [1.29, 1.82) is 0 Å². The minimum atomic E-state index is -4.46. The highest BCUT2D eigenvalue weighted by Crippen LogP contribution is 2.29. The standard InChI is InChI=1S/C16H19F3N2O3/c1-10(22)12-6-7-21(9-12)14(23)8-20-15(24)11-2-4-13(5-3-11)16(17,18)19/h2-5,10,12,22H,6-9H2,1H3,(H,20,24). The number of halogens is 3. The van der Waals surface area contributed by atoms with Crippen LogP contribution in [0.1, 0.15) is 29.3 Å². The molecule has 0 aromatic heterocycles. The predicted octanol–water partition coefficient (Wildman–Crippen LogP) is 1.66. The van der Waals surface area contributed by atoms with Crippen molar-refractivity contribution in [1.82, 2.24) is 10.2 Å². The second-order valence-electron chi connectivity index (χ2n) is 5.89. The Morgan fingerprint density at radius 3 is 2.46 bits per heavy atom. The van der Waals surface area contributed by atoms with Crippen molar-refractivity contribution in [2.75, 3.05) is 19.6 Å². The molecule has 0 aliphatic carbocycles. The normalized spacial score (nSPS) is 19.2. The molecule has 0 radical (unpaired) electrons. The molecular weight excluding hydrogens is 325 g/mol. The van der Waals surface area contributed by atoms with E-state index in [2.05, 4.69) is 5.32 Å². The Labute approximate surface area is 137 Å². The van der Waals surface area contributed by atoms with E-state index in [-0.39, 0.29) is 23.9 Å². The third-order valence-electron chi connectivity index (χ3n) is 4.13.